The summed E-state index contributed by atoms with van der Waals surface area (Å²) in [4.78, 5) is 20.4. The molecule has 5 rings (SSSR count). The van der Waals surface area contributed by atoms with Crippen molar-refractivity contribution in [3.05, 3.63) is 94.5 Å². The largest absolute Gasteiger partial charge is 0.440 e. The molecule has 0 aliphatic carbocycles. The Hall–Kier alpha value is -3.12. The molecule has 0 spiro atoms. The molecule has 5 heterocycles. The van der Waals surface area contributed by atoms with Crippen molar-refractivity contribution < 1.29 is 9.53 Å². The maximum Gasteiger partial charge on any atom is 0.264 e. The standard InChI is InChI=1S/C25H21N3O2S3/c1-14-5-7-17(32-14)10-16-12-28(25(29)21-4-3-9-31-21)13-19-22(20-8-6-15(2)33-20)18(11-26)24(27)30-23(16)19/h3-10,22H,12-13,27H2,1-2H3/b16-10+. The summed E-state index contributed by atoms with van der Waals surface area (Å²) in [6.07, 6.45) is 2.07. The number of thiophene rings is 3. The number of hydrogen-bond donors (Lipinski definition) is 1. The van der Waals surface area contributed by atoms with Gasteiger partial charge in [0.25, 0.3) is 5.91 Å². The number of allylic oxidation sites excluding steroid dienone is 1. The molecule has 0 saturated carbocycles. The Kier molecular flexibility index (Phi) is 5.71. The van der Waals surface area contributed by atoms with E-state index >= 15 is 0 Å². The number of nitrogens with two attached hydrogens (primary N) is 1. The molecule has 5 nitrogen and oxygen atoms in total. The van der Waals surface area contributed by atoms with E-state index in [9.17, 15) is 10.1 Å². The van der Waals surface area contributed by atoms with E-state index in [1.807, 2.05) is 41.5 Å². The summed E-state index contributed by atoms with van der Waals surface area (Å²) >= 11 is 4.76. The molecule has 33 heavy (non-hydrogen) atoms. The Bertz CT molecular complexity index is 1370. The molecule has 0 saturated heterocycles. The fraction of sp³-hybridized carbons (Fsp3) is 0.200. The van der Waals surface area contributed by atoms with E-state index in [1.165, 1.54) is 16.2 Å². The maximum absolute atomic E-state index is 13.3. The Labute approximate surface area is 204 Å². The average Bonchev–Trinajstić information content (AvgIpc) is 3.55. The molecule has 8 heteroatoms. The first-order chi connectivity index (χ1) is 15.9. The molecule has 166 valence electrons. The number of hydrogen-bond acceptors (Lipinski definition) is 7. The van der Waals surface area contributed by atoms with Gasteiger partial charge in [-0.2, -0.15) is 5.26 Å². The van der Waals surface area contributed by atoms with Crippen LogP contribution in [-0.4, -0.2) is 23.9 Å². The van der Waals surface area contributed by atoms with E-state index in [4.69, 9.17) is 10.5 Å². The third kappa shape index (κ3) is 4.04. The van der Waals surface area contributed by atoms with E-state index in [1.54, 1.807) is 22.7 Å². The van der Waals surface area contributed by atoms with Crippen LogP contribution >= 0.6 is 34.0 Å². The lowest BCUT2D eigenvalue weighted by molar-refractivity contribution is 0.0772. The van der Waals surface area contributed by atoms with Crippen molar-refractivity contribution in [3.8, 4) is 6.07 Å². The average molecular weight is 492 g/mol. The molecule has 2 aliphatic heterocycles. The van der Waals surface area contributed by atoms with E-state index in [0.29, 0.717) is 29.3 Å². The van der Waals surface area contributed by atoms with Gasteiger partial charge < -0.3 is 15.4 Å². The van der Waals surface area contributed by atoms with Crippen molar-refractivity contribution in [2.24, 2.45) is 5.73 Å². The lowest BCUT2D eigenvalue weighted by atomic mass is 9.83. The number of rotatable bonds is 3. The zero-order chi connectivity index (χ0) is 23.1. The Morgan fingerprint density at radius 2 is 1.97 bits per heavy atom. The van der Waals surface area contributed by atoms with Crippen molar-refractivity contribution in [3.63, 3.8) is 0 Å². The highest BCUT2D eigenvalue weighted by atomic mass is 32.1. The number of aryl methyl sites for hydroxylation is 2. The third-order valence-corrected chi connectivity index (χ3v) is 8.55. The fourth-order valence-corrected chi connectivity index (χ4v) is 6.77. The van der Waals surface area contributed by atoms with Crippen LogP contribution in [0.5, 0.6) is 0 Å². The molecule has 0 bridgehead atoms. The number of nitriles is 1. The Balaban J connectivity index is 1.66. The van der Waals surface area contributed by atoms with Crippen molar-refractivity contribution in [1.82, 2.24) is 4.90 Å². The Morgan fingerprint density at radius 3 is 2.61 bits per heavy atom. The van der Waals surface area contributed by atoms with Crippen LogP contribution in [-0.2, 0) is 4.74 Å². The molecular weight excluding hydrogens is 470 g/mol. The van der Waals surface area contributed by atoms with Gasteiger partial charge in [-0.05, 0) is 55.6 Å². The number of carbonyl (C=O) groups excluding carboxylic acids is 1. The van der Waals surface area contributed by atoms with Crippen LogP contribution in [0, 0.1) is 25.2 Å². The molecule has 0 aromatic carbocycles. The quantitative estimate of drug-likeness (QED) is 0.503. The Morgan fingerprint density at radius 1 is 1.18 bits per heavy atom. The van der Waals surface area contributed by atoms with Gasteiger partial charge in [-0.1, -0.05) is 6.07 Å². The van der Waals surface area contributed by atoms with Crippen LogP contribution in [0.2, 0.25) is 0 Å². The van der Waals surface area contributed by atoms with Gasteiger partial charge in [0.1, 0.15) is 17.4 Å². The van der Waals surface area contributed by atoms with Gasteiger partial charge >= 0.3 is 0 Å². The molecule has 2 aliphatic rings. The summed E-state index contributed by atoms with van der Waals surface area (Å²) < 4.78 is 6.08. The van der Waals surface area contributed by atoms with Gasteiger partial charge in [0.2, 0.25) is 5.88 Å². The molecular formula is C25H21N3O2S3. The normalized spacial score (nSPS) is 19.5. The number of amides is 1. The van der Waals surface area contributed by atoms with E-state index in [0.717, 1.165) is 25.8 Å². The SMILES string of the molecule is Cc1ccc(/C=C2\CN(C(=O)c3cccs3)CC3=C2OC(N)=C(C#N)C3c2ccc(C)s2)s1. The smallest absolute Gasteiger partial charge is 0.264 e. The first-order valence-electron chi connectivity index (χ1n) is 10.4. The van der Waals surface area contributed by atoms with Crippen molar-refractivity contribution >= 4 is 46.0 Å². The van der Waals surface area contributed by atoms with E-state index in [2.05, 4.69) is 31.2 Å². The van der Waals surface area contributed by atoms with Crippen LogP contribution in [0.15, 0.2) is 70.1 Å². The lowest BCUT2D eigenvalue weighted by Crippen LogP contribution is -2.41. The summed E-state index contributed by atoms with van der Waals surface area (Å²) in [6.45, 7) is 4.90. The second-order valence-electron chi connectivity index (χ2n) is 7.98. The number of carbonyl (C=O) groups is 1. The highest BCUT2D eigenvalue weighted by Crippen LogP contribution is 2.46. The van der Waals surface area contributed by atoms with Gasteiger partial charge in [0, 0.05) is 37.2 Å². The zero-order valence-electron chi connectivity index (χ0n) is 18.1. The van der Waals surface area contributed by atoms with Gasteiger partial charge in [0.05, 0.1) is 17.3 Å². The van der Waals surface area contributed by atoms with Gasteiger partial charge in [-0.15, -0.1) is 34.0 Å². The van der Waals surface area contributed by atoms with Crippen LogP contribution in [0.1, 0.15) is 35.1 Å². The molecule has 1 amide bonds. The molecule has 1 atom stereocenters. The predicted octanol–water partition coefficient (Wildman–Crippen LogP) is 5.79. The minimum atomic E-state index is -0.329. The minimum absolute atomic E-state index is 0.0213. The number of nitrogens with zero attached hydrogens (tertiary/aromatic N) is 2. The van der Waals surface area contributed by atoms with Gasteiger partial charge in [0.15, 0.2) is 0 Å². The first-order valence-corrected chi connectivity index (χ1v) is 12.9. The van der Waals surface area contributed by atoms with Gasteiger partial charge in [-0.3, -0.25) is 4.79 Å². The second-order valence-corrected chi connectivity index (χ2v) is 11.6. The molecule has 1 unspecified atom stereocenters. The predicted molar refractivity (Wildman–Crippen MR) is 134 cm³/mol. The van der Waals surface area contributed by atoms with Crippen LogP contribution in [0.3, 0.4) is 0 Å². The van der Waals surface area contributed by atoms with Crippen LogP contribution in [0.4, 0.5) is 0 Å². The summed E-state index contributed by atoms with van der Waals surface area (Å²) in [7, 11) is 0. The lowest BCUT2D eigenvalue weighted by Gasteiger charge is -2.37. The van der Waals surface area contributed by atoms with Crippen molar-refractivity contribution in [2.75, 3.05) is 13.1 Å². The summed E-state index contributed by atoms with van der Waals surface area (Å²) in [6, 6.07) is 14.2. The molecule has 3 aromatic heterocycles. The maximum atomic E-state index is 13.3. The highest BCUT2D eigenvalue weighted by Gasteiger charge is 2.39. The second kappa shape index (κ2) is 8.67. The summed E-state index contributed by atoms with van der Waals surface area (Å²) in [5.74, 6) is 0.472. The topological polar surface area (TPSA) is 79.3 Å². The third-order valence-electron chi connectivity index (χ3n) is 5.68. The monoisotopic (exact) mass is 491 g/mol. The molecule has 3 aromatic rings. The van der Waals surface area contributed by atoms with Crippen LogP contribution < -0.4 is 5.73 Å². The van der Waals surface area contributed by atoms with E-state index in [-0.39, 0.29) is 17.7 Å². The fourth-order valence-electron chi connectivity index (χ4n) is 4.21. The molecule has 0 fully saturated rings. The molecule has 0 radical (unpaired) electrons. The van der Waals surface area contributed by atoms with Crippen molar-refractivity contribution in [2.45, 2.75) is 19.8 Å². The minimum Gasteiger partial charge on any atom is -0.440 e. The first kappa shape index (κ1) is 21.7. The number of ether oxygens (including phenoxy) is 1. The summed E-state index contributed by atoms with van der Waals surface area (Å²) in [5.41, 5.74) is 8.45. The highest BCUT2D eigenvalue weighted by molar-refractivity contribution is 7.13. The van der Waals surface area contributed by atoms with Crippen LogP contribution in [0.25, 0.3) is 6.08 Å². The van der Waals surface area contributed by atoms with Crippen molar-refractivity contribution in [1.29, 1.82) is 5.26 Å². The summed E-state index contributed by atoms with van der Waals surface area (Å²) in [5, 5.41) is 11.8. The molecule has 2 N–H and O–H groups in total. The zero-order valence-corrected chi connectivity index (χ0v) is 20.6. The van der Waals surface area contributed by atoms with Gasteiger partial charge in [-0.25, -0.2) is 0 Å². The van der Waals surface area contributed by atoms with E-state index < -0.39 is 0 Å².